The number of hydrogen-bond acceptors (Lipinski definition) is 5. The van der Waals surface area contributed by atoms with Gasteiger partial charge in [-0.25, -0.2) is 9.48 Å². The van der Waals surface area contributed by atoms with Crippen LogP contribution >= 0.6 is 0 Å². The molecule has 0 spiro atoms. The second kappa shape index (κ2) is 5.89. The van der Waals surface area contributed by atoms with Crippen LogP contribution in [0.15, 0.2) is 9.59 Å². The Balaban J connectivity index is 2.66. The molecular weight excluding hydrogens is 262 g/mol. The minimum absolute atomic E-state index is 0.0539. The molecular formula is C12H21N5O3. The topological polar surface area (TPSA) is 98.0 Å². The van der Waals surface area contributed by atoms with Crippen molar-refractivity contribution in [2.45, 2.75) is 32.7 Å². The number of amides is 1. The molecule has 0 saturated carbocycles. The van der Waals surface area contributed by atoms with Crippen molar-refractivity contribution in [1.29, 1.82) is 0 Å². The summed E-state index contributed by atoms with van der Waals surface area (Å²) in [6.45, 7) is 5.94. The van der Waals surface area contributed by atoms with Gasteiger partial charge in [0.05, 0.1) is 0 Å². The van der Waals surface area contributed by atoms with Crippen LogP contribution in [0.4, 0.5) is 5.82 Å². The van der Waals surface area contributed by atoms with Gasteiger partial charge in [-0.1, -0.05) is 0 Å². The van der Waals surface area contributed by atoms with Crippen LogP contribution in [0.2, 0.25) is 0 Å². The van der Waals surface area contributed by atoms with Gasteiger partial charge < -0.3 is 10.6 Å². The molecule has 0 aliphatic heterocycles. The third kappa shape index (κ3) is 4.22. The van der Waals surface area contributed by atoms with Crippen molar-refractivity contribution in [2.75, 3.05) is 11.9 Å². The van der Waals surface area contributed by atoms with E-state index in [0.717, 1.165) is 9.25 Å². The SMILES string of the molecule is Cn1nc(NCCC(=O)NC(C)(C)C)c(=O)n(C)c1=O. The lowest BCUT2D eigenvalue weighted by molar-refractivity contribution is -0.122. The van der Waals surface area contributed by atoms with E-state index in [-0.39, 0.29) is 30.2 Å². The lowest BCUT2D eigenvalue weighted by atomic mass is 10.1. The molecule has 8 heteroatoms. The summed E-state index contributed by atoms with van der Waals surface area (Å²) in [6.07, 6.45) is 0.213. The molecule has 8 nitrogen and oxygen atoms in total. The highest BCUT2D eigenvalue weighted by Crippen LogP contribution is 1.99. The average molecular weight is 283 g/mol. The number of aryl methyl sites for hydroxylation is 1. The predicted molar refractivity (Wildman–Crippen MR) is 75.7 cm³/mol. The quantitative estimate of drug-likeness (QED) is 0.753. The van der Waals surface area contributed by atoms with Gasteiger partial charge in [-0.3, -0.25) is 14.2 Å². The summed E-state index contributed by atoms with van der Waals surface area (Å²) in [5, 5.41) is 9.42. The van der Waals surface area contributed by atoms with E-state index in [4.69, 9.17) is 0 Å². The van der Waals surface area contributed by atoms with E-state index in [2.05, 4.69) is 15.7 Å². The first-order valence-electron chi connectivity index (χ1n) is 6.31. The monoisotopic (exact) mass is 283 g/mol. The second-order valence-electron chi connectivity index (χ2n) is 5.59. The molecule has 0 unspecified atom stereocenters. The van der Waals surface area contributed by atoms with E-state index in [1.54, 1.807) is 0 Å². The van der Waals surface area contributed by atoms with Crippen molar-refractivity contribution in [3.63, 3.8) is 0 Å². The van der Waals surface area contributed by atoms with Crippen molar-refractivity contribution in [2.24, 2.45) is 14.1 Å². The molecule has 112 valence electrons. The van der Waals surface area contributed by atoms with Crippen LogP contribution in [0.3, 0.4) is 0 Å². The zero-order valence-corrected chi connectivity index (χ0v) is 12.5. The van der Waals surface area contributed by atoms with Crippen LogP contribution in [0.5, 0.6) is 0 Å². The van der Waals surface area contributed by atoms with Crippen LogP contribution in [0.1, 0.15) is 27.2 Å². The minimum Gasteiger partial charge on any atom is -0.364 e. The molecule has 2 N–H and O–H groups in total. The Bertz CT molecular complexity index is 609. The first-order chi connectivity index (χ1) is 9.11. The largest absolute Gasteiger partial charge is 0.364 e. The zero-order valence-electron chi connectivity index (χ0n) is 12.5. The number of hydrogen-bond donors (Lipinski definition) is 2. The van der Waals surface area contributed by atoms with Gasteiger partial charge in [0.15, 0.2) is 0 Å². The Morgan fingerprint density at radius 3 is 2.40 bits per heavy atom. The molecule has 0 radical (unpaired) electrons. The van der Waals surface area contributed by atoms with Crippen molar-refractivity contribution in [1.82, 2.24) is 19.7 Å². The number of anilines is 1. The van der Waals surface area contributed by atoms with E-state index in [0.29, 0.717) is 0 Å². The number of aromatic nitrogens is 3. The molecule has 1 amide bonds. The molecule has 0 atom stereocenters. The van der Waals surface area contributed by atoms with Gasteiger partial charge in [0.1, 0.15) is 0 Å². The zero-order chi connectivity index (χ0) is 15.5. The highest BCUT2D eigenvalue weighted by atomic mass is 16.2. The lowest BCUT2D eigenvalue weighted by Gasteiger charge is -2.20. The maximum atomic E-state index is 11.8. The Kier molecular flexibility index (Phi) is 4.69. The molecule has 0 aromatic carbocycles. The molecule has 0 aliphatic carbocycles. The molecule has 0 fully saturated rings. The third-order valence-corrected chi connectivity index (χ3v) is 2.48. The fourth-order valence-corrected chi connectivity index (χ4v) is 1.58. The van der Waals surface area contributed by atoms with Crippen molar-refractivity contribution >= 4 is 11.7 Å². The maximum Gasteiger partial charge on any atom is 0.346 e. The Morgan fingerprint density at radius 1 is 1.25 bits per heavy atom. The Labute approximate surface area is 116 Å². The van der Waals surface area contributed by atoms with Gasteiger partial charge in [-0.2, -0.15) is 0 Å². The van der Waals surface area contributed by atoms with Gasteiger partial charge in [-0.15, -0.1) is 5.10 Å². The van der Waals surface area contributed by atoms with Gasteiger partial charge in [-0.05, 0) is 20.8 Å². The van der Waals surface area contributed by atoms with Crippen LogP contribution in [-0.2, 0) is 18.9 Å². The first-order valence-corrected chi connectivity index (χ1v) is 6.31. The van der Waals surface area contributed by atoms with Gasteiger partial charge in [0, 0.05) is 32.6 Å². The molecule has 0 aliphatic rings. The van der Waals surface area contributed by atoms with E-state index in [1.807, 2.05) is 20.8 Å². The molecule has 1 aromatic rings. The maximum absolute atomic E-state index is 11.8. The summed E-state index contributed by atoms with van der Waals surface area (Å²) < 4.78 is 2.03. The average Bonchev–Trinajstić information content (AvgIpc) is 2.30. The fraction of sp³-hybridized carbons (Fsp3) is 0.667. The van der Waals surface area contributed by atoms with Crippen molar-refractivity contribution in [3.05, 3.63) is 20.8 Å². The summed E-state index contributed by atoms with van der Waals surface area (Å²) in [7, 11) is 2.84. The van der Waals surface area contributed by atoms with Crippen LogP contribution in [-0.4, -0.2) is 32.3 Å². The summed E-state index contributed by atoms with van der Waals surface area (Å²) in [5.74, 6) is -0.0650. The fourth-order valence-electron chi connectivity index (χ4n) is 1.58. The predicted octanol–water partition coefficient (Wildman–Crippen LogP) is -0.804. The molecule has 0 saturated heterocycles. The van der Waals surface area contributed by atoms with Gasteiger partial charge in [0.2, 0.25) is 11.7 Å². The number of nitrogens with zero attached hydrogens (tertiary/aromatic N) is 3. The Hall–Kier alpha value is -2.12. The molecule has 0 bridgehead atoms. The van der Waals surface area contributed by atoms with E-state index in [9.17, 15) is 14.4 Å². The number of carbonyl (C=O) groups excluding carboxylic acids is 1. The Morgan fingerprint density at radius 2 is 1.85 bits per heavy atom. The van der Waals surface area contributed by atoms with E-state index < -0.39 is 11.2 Å². The number of rotatable bonds is 4. The minimum atomic E-state index is -0.510. The molecule has 20 heavy (non-hydrogen) atoms. The summed E-state index contributed by atoms with van der Waals surface area (Å²) in [4.78, 5) is 34.8. The van der Waals surface area contributed by atoms with E-state index in [1.165, 1.54) is 14.1 Å². The highest BCUT2D eigenvalue weighted by molar-refractivity contribution is 5.77. The lowest BCUT2D eigenvalue weighted by Crippen LogP contribution is -2.42. The van der Waals surface area contributed by atoms with Crippen LogP contribution < -0.4 is 21.9 Å². The normalized spacial score (nSPS) is 11.2. The summed E-state index contributed by atoms with van der Waals surface area (Å²) >= 11 is 0. The second-order valence-corrected chi connectivity index (χ2v) is 5.59. The van der Waals surface area contributed by atoms with Crippen LogP contribution in [0.25, 0.3) is 0 Å². The molecule has 1 heterocycles. The van der Waals surface area contributed by atoms with Gasteiger partial charge >= 0.3 is 5.69 Å². The third-order valence-electron chi connectivity index (χ3n) is 2.48. The smallest absolute Gasteiger partial charge is 0.346 e. The van der Waals surface area contributed by atoms with Crippen LogP contribution in [0, 0.1) is 0 Å². The first kappa shape index (κ1) is 15.9. The summed E-state index contributed by atoms with van der Waals surface area (Å²) in [5.41, 5.74) is -1.29. The molecule has 1 rings (SSSR count). The van der Waals surface area contributed by atoms with Crippen molar-refractivity contribution in [3.8, 4) is 0 Å². The molecule has 1 aromatic heterocycles. The number of nitrogens with one attached hydrogen (secondary N) is 2. The van der Waals surface area contributed by atoms with Gasteiger partial charge in [0.25, 0.3) is 5.56 Å². The summed E-state index contributed by atoms with van der Waals surface area (Å²) in [6, 6.07) is 0. The van der Waals surface area contributed by atoms with E-state index >= 15 is 0 Å². The highest BCUT2D eigenvalue weighted by Gasteiger charge is 2.14. The number of carbonyl (C=O) groups is 1. The standard InChI is InChI=1S/C12H21N5O3/c1-12(2,3)14-8(18)6-7-13-9-10(19)16(4)11(20)17(5)15-9/h6-7H2,1-5H3,(H,13,15)(H,14,18). The van der Waals surface area contributed by atoms with Crippen molar-refractivity contribution < 1.29 is 4.79 Å².